The monoisotopic (exact) mass is 283 g/mol. The van der Waals surface area contributed by atoms with Crippen molar-refractivity contribution in [2.75, 3.05) is 7.11 Å². The third-order valence-corrected chi connectivity index (χ3v) is 4.26. The van der Waals surface area contributed by atoms with Crippen LogP contribution in [0.4, 0.5) is 0 Å². The largest absolute Gasteiger partial charge is 0.496 e. The number of hydrogen-bond donors (Lipinski definition) is 1. The Morgan fingerprint density at radius 3 is 2.19 bits per heavy atom. The molecule has 0 saturated heterocycles. The first kappa shape index (κ1) is 15.6. The summed E-state index contributed by atoms with van der Waals surface area (Å²) in [6, 6.07) is 12.8. The molecule has 0 amide bonds. The molecule has 0 heterocycles. The molecule has 112 valence electrons. The van der Waals surface area contributed by atoms with E-state index in [2.05, 4.69) is 64.1 Å². The molecule has 0 aliphatic carbocycles. The lowest BCUT2D eigenvalue weighted by molar-refractivity contribution is 0.410. The topological polar surface area (TPSA) is 35.2 Å². The van der Waals surface area contributed by atoms with Gasteiger partial charge in [-0.05, 0) is 67.1 Å². The van der Waals surface area contributed by atoms with Crippen molar-refractivity contribution in [3.8, 4) is 5.75 Å². The second-order valence-electron chi connectivity index (χ2n) is 5.89. The summed E-state index contributed by atoms with van der Waals surface area (Å²) in [4.78, 5) is 0. The van der Waals surface area contributed by atoms with Crippen molar-refractivity contribution in [3.63, 3.8) is 0 Å². The van der Waals surface area contributed by atoms with E-state index in [0.29, 0.717) is 0 Å². The molecule has 2 nitrogen and oxygen atoms in total. The first-order valence-electron chi connectivity index (χ1n) is 7.44. The van der Waals surface area contributed by atoms with Gasteiger partial charge in [-0.1, -0.05) is 31.2 Å². The summed E-state index contributed by atoms with van der Waals surface area (Å²) in [5.41, 5.74) is 12.0. The van der Waals surface area contributed by atoms with Crippen LogP contribution in [0.5, 0.6) is 5.75 Å². The SMILES string of the molecule is CCc1ccc(C(C)(N)c2cc(C)c(OC)cc2C)cc1. The highest BCUT2D eigenvalue weighted by molar-refractivity contribution is 5.48. The van der Waals surface area contributed by atoms with Crippen LogP contribution in [0.2, 0.25) is 0 Å². The van der Waals surface area contributed by atoms with Crippen LogP contribution in [0.1, 0.15) is 41.7 Å². The van der Waals surface area contributed by atoms with Crippen LogP contribution in [0.25, 0.3) is 0 Å². The molecule has 1 atom stereocenters. The summed E-state index contributed by atoms with van der Waals surface area (Å²) in [5.74, 6) is 0.911. The van der Waals surface area contributed by atoms with Gasteiger partial charge in [0.05, 0.1) is 12.6 Å². The quantitative estimate of drug-likeness (QED) is 0.917. The van der Waals surface area contributed by atoms with Crippen molar-refractivity contribution in [2.24, 2.45) is 5.73 Å². The highest BCUT2D eigenvalue weighted by Gasteiger charge is 2.26. The van der Waals surface area contributed by atoms with E-state index in [0.717, 1.165) is 34.4 Å². The van der Waals surface area contributed by atoms with Crippen molar-refractivity contribution >= 4 is 0 Å². The van der Waals surface area contributed by atoms with Crippen LogP contribution < -0.4 is 10.5 Å². The Kier molecular flexibility index (Phi) is 4.38. The molecule has 0 spiro atoms. The predicted octanol–water partition coefficient (Wildman–Crippen LogP) is 4.10. The van der Waals surface area contributed by atoms with Crippen LogP contribution in [0, 0.1) is 13.8 Å². The number of hydrogen-bond acceptors (Lipinski definition) is 2. The average molecular weight is 283 g/mol. The second kappa shape index (κ2) is 5.90. The van der Waals surface area contributed by atoms with Gasteiger partial charge in [0.15, 0.2) is 0 Å². The summed E-state index contributed by atoms with van der Waals surface area (Å²) in [7, 11) is 1.70. The molecule has 2 heteroatoms. The maximum atomic E-state index is 6.67. The van der Waals surface area contributed by atoms with Crippen molar-refractivity contribution in [2.45, 2.75) is 39.7 Å². The van der Waals surface area contributed by atoms with E-state index >= 15 is 0 Å². The Balaban J connectivity index is 2.49. The minimum atomic E-state index is -0.507. The zero-order valence-corrected chi connectivity index (χ0v) is 13.7. The summed E-state index contributed by atoms with van der Waals surface area (Å²) in [5, 5.41) is 0. The highest BCUT2D eigenvalue weighted by atomic mass is 16.5. The minimum Gasteiger partial charge on any atom is -0.496 e. The van der Waals surface area contributed by atoms with E-state index in [1.807, 2.05) is 0 Å². The average Bonchev–Trinajstić information content (AvgIpc) is 2.49. The van der Waals surface area contributed by atoms with Crippen LogP contribution in [-0.4, -0.2) is 7.11 Å². The standard InChI is InChI=1S/C19H25NO/c1-6-15-7-9-16(10-8-15)19(4,20)17-11-14(3)18(21-5)12-13(17)2/h7-12H,6,20H2,1-5H3. The van der Waals surface area contributed by atoms with Crippen LogP contribution in [0.3, 0.4) is 0 Å². The van der Waals surface area contributed by atoms with E-state index in [1.54, 1.807) is 7.11 Å². The van der Waals surface area contributed by atoms with E-state index in [4.69, 9.17) is 10.5 Å². The minimum absolute atomic E-state index is 0.507. The summed E-state index contributed by atoms with van der Waals surface area (Å²) in [6.07, 6.45) is 1.04. The lowest BCUT2D eigenvalue weighted by Crippen LogP contribution is -2.35. The Labute approximate surface area is 127 Å². The fourth-order valence-corrected chi connectivity index (χ4v) is 2.81. The molecule has 0 radical (unpaired) electrons. The van der Waals surface area contributed by atoms with Gasteiger partial charge in [0, 0.05) is 0 Å². The van der Waals surface area contributed by atoms with Gasteiger partial charge in [0.25, 0.3) is 0 Å². The highest BCUT2D eigenvalue weighted by Crippen LogP contribution is 2.33. The van der Waals surface area contributed by atoms with Crippen molar-refractivity contribution in [1.82, 2.24) is 0 Å². The molecule has 0 aromatic heterocycles. The Morgan fingerprint density at radius 1 is 1.05 bits per heavy atom. The Bertz CT molecular complexity index is 627. The molecule has 0 aliphatic heterocycles. The summed E-state index contributed by atoms with van der Waals surface area (Å²) < 4.78 is 5.39. The predicted molar refractivity (Wildman–Crippen MR) is 88.9 cm³/mol. The number of benzene rings is 2. The molecular weight excluding hydrogens is 258 g/mol. The fourth-order valence-electron chi connectivity index (χ4n) is 2.81. The van der Waals surface area contributed by atoms with Gasteiger partial charge in [0.1, 0.15) is 5.75 Å². The smallest absolute Gasteiger partial charge is 0.122 e. The van der Waals surface area contributed by atoms with E-state index in [9.17, 15) is 0 Å². The summed E-state index contributed by atoms with van der Waals surface area (Å²) in [6.45, 7) is 8.37. The van der Waals surface area contributed by atoms with Gasteiger partial charge >= 0.3 is 0 Å². The molecule has 0 bridgehead atoms. The lowest BCUT2D eigenvalue weighted by atomic mass is 9.82. The molecule has 2 aromatic carbocycles. The van der Waals surface area contributed by atoms with Crippen LogP contribution in [0.15, 0.2) is 36.4 Å². The second-order valence-corrected chi connectivity index (χ2v) is 5.89. The first-order chi connectivity index (χ1) is 9.90. The zero-order chi connectivity index (χ0) is 15.6. The van der Waals surface area contributed by atoms with E-state index in [1.165, 1.54) is 5.56 Å². The number of ether oxygens (including phenoxy) is 1. The van der Waals surface area contributed by atoms with Crippen LogP contribution in [-0.2, 0) is 12.0 Å². The maximum absolute atomic E-state index is 6.67. The lowest BCUT2D eigenvalue weighted by Gasteiger charge is -2.29. The van der Waals surface area contributed by atoms with Crippen molar-refractivity contribution in [1.29, 1.82) is 0 Å². The van der Waals surface area contributed by atoms with Gasteiger partial charge in [-0.25, -0.2) is 0 Å². The number of nitrogens with two attached hydrogens (primary N) is 1. The third-order valence-electron chi connectivity index (χ3n) is 4.26. The molecule has 2 N–H and O–H groups in total. The number of rotatable bonds is 4. The summed E-state index contributed by atoms with van der Waals surface area (Å²) >= 11 is 0. The normalized spacial score (nSPS) is 13.8. The van der Waals surface area contributed by atoms with Gasteiger partial charge in [-0.3, -0.25) is 0 Å². The molecular formula is C19H25NO. The molecule has 2 aromatic rings. The number of methoxy groups -OCH3 is 1. The number of aryl methyl sites for hydroxylation is 3. The fraction of sp³-hybridized carbons (Fsp3) is 0.368. The molecule has 0 saturated carbocycles. The van der Waals surface area contributed by atoms with Crippen molar-refractivity contribution < 1.29 is 4.74 Å². The van der Waals surface area contributed by atoms with Gasteiger partial charge in [0.2, 0.25) is 0 Å². The molecule has 0 fully saturated rings. The zero-order valence-electron chi connectivity index (χ0n) is 13.7. The maximum Gasteiger partial charge on any atom is 0.122 e. The molecule has 2 rings (SSSR count). The van der Waals surface area contributed by atoms with Crippen molar-refractivity contribution in [3.05, 3.63) is 64.2 Å². The van der Waals surface area contributed by atoms with Gasteiger partial charge in [-0.15, -0.1) is 0 Å². The Hall–Kier alpha value is -1.80. The molecule has 1 unspecified atom stereocenters. The van der Waals surface area contributed by atoms with E-state index in [-0.39, 0.29) is 0 Å². The molecule has 0 aliphatic rings. The van der Waals surface area contributed by atoms with E-state index < -0.39 is 5.54 Å². The van der Waals surface area contributed by atoms with Gasteiger partial charge in [-0.2, -0.15) is 0 Å². The Morgan fingerprint density at radius 2 is 1.67 bits per heavy atom. The van der Waals surface area contributed by atoms with Gasteiger partial charge < -0.3 is 10.5 Å². The van der Waals surface area contributed by atoms with Crippen LogP contribution >= 0.6 is 0 Å². The molecule has 21 heavy (non-hydrogen) atoms. The first-order valence-corrected chi connectivity index (χ1v) is 7.44. The third kappa shape index (κ3) is 2.96.